The van der Waals surface area contributed by atoms with Crippen molar-refractivity contribution in [3.05, 3.63) is 64.5 Å². The molecular formula is C29H37ClN6O3. The molecule has 9 nitrogen and oxygen atoms in total. The summed E-state index contributed by atoms with van der Waals surface area (Å²) in [5.41, 5.74) is 7.42. The van der Waals surface area contributed by atoms with Crippen molar-refractivity contribution in [3.8, 4) is 6.07 Å². The van der Waals surface area contributed by atoms with Gasteiger partial charge >= 0.3 is 6.09 Å². The van der Waals surface area contributed by atoms with Gasteiger partial charge in [0.25, 0.3) is 5.91 Å². The molecular weight excluding hydrogens is 516 g/mol. The van der Waals surface area contributed by atoms with E-state index in [0.29, 0.717) is 43.2 Å². The summed E-state index contributed by atoms with van der Waals surface area (Å²) in [6, 6.07) is 9.84. The van der Waals surface area contributed by atoms with Crippen molar-refractivity contribution in [2.75, 3.05) is 18.4 Å². The van der Waals surface area contributed by atoms with E-state index in [1.165, 1.54) is 0 Å². The van der Waals surface area contributed by atoms with Crippen LogP contribution < -0.4 is 11.1 Å². The molecule has 0 spiro atoms. The van der Waals surface area contributed by atoms with Crippen LogP contribution in [0.1, 0.15) is 76.2 Å². The molecule has 1 saturated heterocycles. The van der Waals surface area contributed by atoms with Crippen LogP contribution in [0.5, 0.6) is 0 Å². The number of allylic oxidation sites excluding steroid dienone is 4. The number of primary amides is 1. The SMILES string of the molecule is C/C=C(\C=C(/CC)Nc1nn(C2(CC#N)CCN(C(=O)OC(C)(C)C)CC2)cc1C(N)=O)c1cccc(Cl)c1. The highest BCUT2D eigenvalue weighted by Gasteiger charge is 2.40. The number of nitriles is 1. The minimum Gasteiger partial charge on any atom is -0.444 e. The number of nitrogens with zero attached hydrogens (tertiary/aromatic N) is 4. The maximum absolute atomic E-state index is 12.6. The van der Waals surface area contributed by atoms with Crippen molar-refractivity contribution in [1.29, 1.82) is 5.26 Å². The Labute approximate surface area is 235 Å². The smallest absolute Gasteiger partial charge is 0.410 e. The normalized spacial score (nSPS) is 16.0. The highest BCUT2D eigenvalue weighted by atomic mass is 35.5. The molecule has 1 aromatic heterocycles. The molecule has 1 aliphatic rings. The van der Waals surface area contributed by atoms with Crippen molar-refractivity contribution in [2.45, 2.75) is 71.4 Å². The van der Waals surface area contributed by atoms with E-state index in [2.05, 4.69) is 11.4 Å². The number of carbonyl (C=O) groups is 2. The Morgan fingerprint density at radius 1 is 1.31 bits per heavy atom. The molecule has 0 unspecified atom stereocenters. The summed E-state index contributed by atoms with van der Waals surface area (Å²) in [7, 11) is 0. The third-order valence-electron chi connectivity index (χ3n) is 6.68. The molecule has 0 radical (unpaired) electrons. The maximum Gasteiger partial charge on any atom is 0.410 e. The molecule has 2 amide bonds. The maximum atomic E-state index is 12.6. The number of halogens is 1. The summed E-state index contributed by atoms with van der Waals surface area (Å²) in [6.07, 6.45) is 6.95. The number of aromatic nitrogens is 2. The van der Waals surface area contributed by atoms with Gasteiger partial charge in [-0.1, -0.05) is 36.7 Å². The Morgan fingerprint density at radius 3 is 2.54 bits per heavy atom. The second-order valence-corrected chi connectivity index (χ2v) is 11.1. The number of hydrogen-bond acceptors (Lipinski definition) is 6. The van der Waals surface area contributed by atoms with E-state index >= 15 is 0 Å². The van der Waals surface area contributed by atoms with E-state index in [9.17, 15) is 14.9 Å². The molecule has 3 N–H and O–H groups in total. The molecule has 1 aliphatic heterocycles. The quantitative estimate of drug-likeness (QED) is 0.382. The number of benzene rings is 1. The zero-order valence-electron chi connectivity index (χ0n) is 23.3. The Kier molecular flexibility index (Phi) is 9.46. The molecule has 2 heterocycles. The largest absolute Gasteiger partial charge is 0.444 e. The predicted octanol–water partition coefficient (Wildman–Crippen LogP) is 6.08. The van der Waals surface area contributed by atoms with Gasteiger partial charge in [-0.3, -0.25) is 9.48 Å². The summed E-state index contributed by atoms with van der Waals surface area (Å²) in [5, 5.41) is 18.3. The Hall–Kier alpha value is -3.77. The molecule has 10 heteroatoms. The fourth-order valence-corrected chi connectivity index (χ4v) is 4.71. The van der Waals surface area contributed by atoms with Crippen LogP contribution in [0.3, 0.4) is 0 Å². The standard InChI is InChI=1S/C29H37ClN6O3/c1-6-20(21-9-8-10-22(30)17-21)18-23(7-2)33-26-24(25(32)37)19-36(34-26)29(11-14-31)12-15-35(16-13-29)27(38)39-28(3,4)5/h6,8-10,17-19H,7,11-13,15-16H2,1-5H3,(H2,32,37)(H,33,34)/b20-6+,23-18+. The molecule has 39 heavy (non-hydrogen) atoms. The number of ether oxygens (including phenoxy) is 1. The van der Waals surface area contributed by atoms with Crippen LogP contribution in [0.2, 0.25) is 5.02 Å². The highest BCUT2D eigenvalue weighted by Crippen LogP contribution is 2.35. The van der Waals surface area contributed by atoms with Gasteiger partial charge in [-0.15, -0.1) is 0 Å². The molecule has 2 aromatic rings. The molecule has 1 aromatic carbocycles. The van der Waals surface area contributed by atoms with Crippen LogP contribution in [0.4, 0.5) is 10.6 Å². The van der Waals surface area contributed by atoms with Gasteiger partial charge in [-0.25, -0.2) is 4.79 Å². The number of piperidine rings is 1. The number of carbonyl (C=O) groups excluding carboxylic acids is 2. The Morgan fingerprint density at radius 2 is 2.00 bits per heavy atom. The monoisotopic (exact) mass is 552 g/mol. The highest BCUT2D eigenvalue weighted by molar-refractivity contribution is 6.30. The van der Waals surface area contributed by atoms with Gasteiger partial charge < -0.3 is 20.7 Å². The molecule has 0 saturated carbocycles. The third kappa shape index (κ3) is 7.42. The topological polar surface area (TPSA) is 126 Å². The first-order chi connectivity index (χ1) is 18.4. The van der Waals surface area contributed by atoms with Gasteiger partial charge in [0.15, 0.2) is 5.82 Å². The molecule has 1 fully saturated rings. The Bertz CT molecular complexity index is 1310. The van der Waals surface area contributed by atoms with Gasteiger partial charge in [0.1, 0.15) is 11.2 Å². The number of rotatable bonds is 8. The lowest BCUT2D eigenvalue weighted by atomic mass is 9.85. The van der Waals surface area contributed by atoms with Crippen LogP contribution in [0.25, 0.3) is 5.57 Å². The fraction of sp³-hybridized carbons (Fsp3) is 0.448. The number of likely N-dealkylation sites (tertiary alicyclic amines) is 1. The minimum atomic E-state index is -0.692. The minimum absolute atomic E-state index is 0.169. The van der Waals surface area contributed by atoms with Crippen LogP contribution in [-0.4, -0.2) is 45.4 Å². The summed E-state index contributed by atoms with van der Waals surface area (Å²) in [6.45, 7) is 10.2. The van der Waals surface area contributed by atoms with E-state index < -0.39 is 17.0 Å². The molecule has 0 aliphatic carbocycles. The lowest BCUT2D eigenvalue weighted by Crippen LogP contribution is -2.49. The summed E-state index contributed by atoms with van der Waals surface area (Å²) < 4.78 is 7.18. The number of hydrogen-bond donors (Lipinski definition) is 2. The van der Waals surface area contributed by atoms with E-state index in [0.717, 1.165) is 16.8 Å². The molecule has 3 rings (SSSR count). The van der Waals surface area contributed by atoms with Gasteiger partial charge in [-0.05, 0) is 76.3 Å². The third-order valence-corrected chi connectivity index (χ3v) is 6.91. The lowest BCUT2D eigenvalue weighted by molar-refractivity contribution is 0.0105. The number of amides is 2. The van der Waals surface area contributed by atoms with Gasteiger partial charge in [0.05, 0.1) is 18.0 Å². The molecule has 0 bridgehead atoms. The molecule has 208 valence electrons. The molecule has 0 atom stereocenters. The van der Waals surface area contributed by atoms with Crippen molar-refractivity contribution >= 4 is 35.0 Å². The van der Waals surface area contributed by atoms with E-state index in [-0.39, 0.29) is 18.1 Å². The number of nitrogens with two attached hydrogens (primary N) is 1. The van der Waals surface area contributed by atoms with Gasteiger partial charge in [0, 0.05) is 30.0 Å². The first-order valence-corrected chi connectivity index (χ1v) is 13.4. The average Bonchev–Trinajstić information content (AvgIpc) is 3.31. The zero-order chi connectivity index (χ0) is 28.8. The number of nitrogens with one attached hydrogen (secondary N) is 1. The first-order valence-electron chi connectivity index (χ1n) is 13.1. The van der Waals surface area contributed by atoms with Gasteiger partial charge in [0.2, 0.25) is 0 Å². The summed E-state index contributed by atoms with van der Waals surface area (Å²) in [5.74, 6) is -0.303. The number of anilines is 1. The Balaban J connectivity index is 1.90. The lowest BCUT2D eigenvalue weighted by Gasteiger charge is -2.40. The summed E-state index contributed by atoms with van der Waals surface area (Å²) in [4.78, 5) is 26.6. The van der Waals surface area contributed by atoms with Crippen molar-refractivity contribution < 1.29 is 14.3 Å². The second kappa shape index (κ2) is 12.4. The second-order valence-electron chi connectivity index (χ2n) is 10.6. The fourth-order valence-electron chi connectivity index (χ4n) is 4.52. The van der Waals surface area contributed by atoms with E-state index in [4.69, 9.17) is 27.2 Å². The van der Waals surface area contributed by atoms with Crippen molar-refractivity contribution in [2.24, 2.45) is 5.73 Å². The van der Waals surface area contributed by atoms with Crippen LogP contribution in [0.15, 0.2) is 48.3 Å². The zero-order valence-corrected chi connectivity index (χ0v) is 24.0. The van der Waals surface area contributed by atoms with Crippen LogP contribution in [0, 0.1) is 11.3 Å². The van der Waals surface area contributed by atoms with E-state index in [1.54, 1.807) is 15.8 Å². The summed E-state index contributed by atoms with van der Waals surface area (Å²) >= 11 is 6.19. The van der Waals surface area contributed by atoms with Crippen LogP contribution >= 0.6 is 11.6 Å². The first kappa shape index (κ1) is 29.8. The average molecular weight is 553 g/mol. The van der Waals surface area contributed by atoms with Crippen molar-refractivity contribution in [3.63, 3.8) is 0 Å². The van der Waals surface area contributed by atoms with E-state index in [1.807, 2.05) is 71.0 Å². The van der Waals surface area contributed by atoms with Crippen LogP contribution in [-0.2, 0) is 10.3 Å². The van der Waals surface area contributed by atoms with Gasteiger partial charge in [-0.2, -0.15) is 10.4 Å². The van der Waals surface area contributed by atoms with Crippen molar-refractivity contribution in [1.82, 2.24) is 14.7 Å². The predicted molar refractivity (Wildman–Crippen MR) is 153 cm³/mol.